The summed E-state index contributed by atoms with van der Waals surface area (Å²) in [6.07, 6.45) is 0. The minimum atomic E-state index is -0.316. The van der Waals surface area contributed by atoms with E-state index in [0.717, 1.165) is 5.75 Å². The lowest BCUT2D eigenvalue weighted by Crippen LogP contribution is -2.23. The fourth-order valence-electron chi connectivity index (χ4n) is 2.56. The van der Waals surface area contributed by atoms with E-state index in [0.29, 0.717) is 22.7 Å². The molecule has 0 radical (unpaired) electrons. The van der Waals surface area contributed by atoms with Crippen molar-refractivity contribution < 1.29 is 19.1 Å². The number of hydrogen-bond donors (Lipinski definition) is 1. The molecule has 148 valence electrons. The van der Waals surface area contributed by atoms with Crippen molar-refractivity contribution in [1.82, 2.24) is 4.90 Å². The Labute approximate surface area is 169 Å². The van der Waals surface area contributed by atoms with Crippen molar-refractivity contribution in [2.45, 2.75) is 0 Å². The van der Waals surface area contributed by atoms with Crippen LogP contribution in [-0.4, -0.2) is 37.4 Å². The SMILES string of the molecule is CN(C)C(=O)c1cccc(NC(=O)COc2ccc(Oc3ccccc3)cc2)c1. The zero-order chi connectivity index (χ0) is 20.6. The van der Waals surface area contributed by atoms with Crippen LogP contribution in [0.3, 0.4) is 0 Å². The third kappa shape index (κ3) is 5.84. The molecule has 6 nitrogen and oxygen atoms in total. The van der Waals surface area contributed by atoms with Crippen LogP contribution in [0, 0.1) is 0 Å². The first kappa shape index (κ1) is 19.9. The van der Waals surface area contributed by atoms with E-state index in [1.807, 2.05) is 30.3 Å². The van der Waals surface area contributed by atoms with E-state index in [2.05, 4.69) is 5.32 Å². The second kappa shape index (κ2) is 9.41. The molecule has 6 heteroatoms. The van der Waals surface area contributed by atoms with Gasteiger partial charge in [-0.3, -0.25) is 9.59 Å². The van der Waals surface area contributed by atoms with Gasteiger partial charge in [-0.15, -0.1) is 0 Å². The van der Waals surface area contributed by atoms with Gasteiger partial charge in [0.1, 0.15) is 17.2 Å². The van der Waals surface area contributed by atoms with Gasteiger partial charge in [0, 0.05) is 25.3 Å². The van der Waals surface area contributed by atoms with Crippen LogP contribution < -0.4 is 14.8 Å². The molecule has 0 fully saturated rings. The number of ether oxygens (including phenoxy) is 2. The molecular formula is C23H22N2O4. The van der Waals surface area contributed by atoms with Gasteiger partial charge in [-0.05, 0) is 54.6 Å². The van der Waals surface area contributed by atoms with Crippen LogP contribution in [0.4, 0.5) is 5.69 Å². The minimum Gasteiger partial charge on any atom is -0.484 e. The van der Waals surface area contributed by atoms with Crippen LogP contribution >= 0.6 is 0 Å². The quantitative estimate of drug-likeness (QED) is 0.657. The maximum Gasteiger partial charge on any atom is 0.262 e. The predicted octanol–water partition coefficient (Wildman–Crippen LogP) is 4.20. The Morgan fingerprint density at radius 3 is 2.17 bits per heavy atom. The summed E-state index contributed by atoms with van der Waals surface area (Å²) in [5, 5.41) is 2.73. The number of nitrogens with zero attached hydrogens (tertiary/aromatic N) is 1. The fourth-order valence-corrected chi connectivity index (χ4v) is 2.56. The molecule has 0 saturated heterocycles. The molecule has 2 amide bonds. The maximum atomic E-state index is 12.2. The van der Waals surface area contributed by atoms with Crippen LogP contribution in [0.2, 0.25) is 0 Å². The van der Waals surface area contributed by atoms with Crippen LogP contribution in [0.5, 0.6) is 17.2 Å². The van der Waals surface area contributed by atoms with Gasteiger partial charge in [0.25, 0.3) is 11.8 Å². The highest BCUT2D eigenvalue weighted by atomic mass is 16.5. The topological polar surface area (TPSA) is 67.9 Å². The summed E-state index contributed by atoms with van der Waals surface area (Å²) in [4.78, 5) is 25.6. The van der Waals surface area contributed by atoms with E-state index in [-0.39, 0.29) is 18.4 Å². The molecule has 3 aromatic carbocycles. The monoisotopic (exact) mass is 390 g/mol. The standard InChI is InChI=1S/C23H22N2O4/c1-25(2)23(27)17-7-6-8-18(15-17)24-22(26)16-28-19-11-13-21(14-12-19)29-20-9-4-3-5-10-20/h3-15H,16H2,1-2H3,(H,24,26). The van der Waals surface area contributed by atoms with Gasteiger partial charge in [-0.1, -0.05) is 24.3 Å². The molecule has 1 N–H and O–H groups in total. The summed E-state index contributed by atoms with van der Waals surface area (Å²) < 4.78 is 11.2. The number of amides is 2. The van der Waals surface area contributed by atoms with Crippen molar-refractivity contribution in [3.05, 3.63) is 84.4 Å². The van der Waals surface area contributed by atoms with E-state index < -0.39 is 0 Å². The molecule has 0 atom stereocenters. The highest BCUT2D eigenvalue weighted by molar-refractivity contribution is 5.97. The van der Waals surface area contributed by atoms with Gasteiger partial charge in [0.15, 0.2) is 6.61 Å². The largest absolute Gasteiger partial charge is 0.484 e. The number of carbonyl (C=O) groups is 2. The van der Waals surface area contributed by atoms with Crippen molar-refractivity contribution in [2.75, 3.05) is 26.0 Å². The first-order valence-corrected chi connectivity index (χ1v) is 9.08. The van der Waals surface area contributed by atoms with Crippen molar-refractivity contribution in [3.8, 4) is 17.2 Å². The van der Waals surface area contributed by atoms with Crippen molar-refractivity contribution in [3.63, 3.8) is 0 Å². The smallest absolute Gasteiger partial charge is 0.262 e. The lowest BCUT2D eigenvalue weighted by atomic mass is 10.2. The van der Waals surface area contributed by atoms with Gasteiger partial charge in [0.2, 0.25) is 0 Å². The Morgan fingerprint density at radius 2 is 1.48 bits per heavy atom. The van der Waals surface area contributed by atoms with Gasteiger partial charge >= 0.3 is 0 Å². The normalized spacial score (nSPS) is 10.1. The van der Waals surface area contributed by atoms with Crippen molar-refractivity contribution in [1.29, 1.82) is 0 Å². The second-order valence-electron chi connectivity index (χ2n) is 6.50. The molecular weight excluding hydrogens is 368 g/mol. The van der Waals surface area contributed by atoms with E-state index in [9.17, 15) is 9.59 Å². The molecule has 0 aliphatic carbocycles. The van der Waals surface area contributed by atoms with E-state index >= 15 is 0 Å². The number of carbonyl (C=O) groups excluding carboxylic acids is 2. The zero-order valence-electron chi connectivity index (χ0n) is 16.3. The second-order valence-corrected chi connectivity index (χ2v) is 6.50. The van der Waals surface area contributed by atoms with Gasteiger partial charge < -0.3 is 19.7 Å². The Morgan fingerprint density at radius 1 is 0.828 bits per heavy atom. The summed E-state index contributed by atoms with van der Waals surface area (Å²) >= 11 is 0. The molecule has 0 bridgehead atoms. The first-order valence-electron chi connectivity index (χ1n) is 9.08. The molecule has 0 unspecified atom stereocenters. The molecule has 0 aliphatic rings. The summed E-state index contributed by atoms with van der Waals surface area (Å²) in [5.41, 5.74) is 1.04. The number of anilines is 1. The Balaban J connectivity index is 1.52. The molecule has 3 rings (SSSR count). The average Bonchev–Trinajstić information content (AvgIpc) is 2.73. The minimum absolute atomic E-state index is 0.129. The Kier molecular flexibility index (Phi) is 6.47. The summed E-state index contributed by atoms with van der Waals surface area (Å²) in [7, 11) is 3.36. The number of hydrogen-bond acceptors (Lipinski definition) is 4. The maximum absolute atomic E-state index is 12.2. The molecule has 0 spiro atoms. The van der Waals surface area contributed by atoms with Crippen LogP contribution in [-0.2, 0) is 4.79 Å². The highest BCUT2D eigenvalue weighted by Gasteiger charge is 2.10. The third-order valence-corrected chi connectivity index (χ3v) is 3.97. The summed E-state index contributed by atoms with van der Waals surface area (Å²) in [5.74, 6) is 1.53. The predicted molar refractivity (Wildman–Crippen MR) is 112 cm³/mol. The van der Waals surface area contributed by atoms with Crippen molar-refractivity contribution >= 4 is 17.5 Å². The van der Waals surface area contributed by atoms with Crippen LogP contribution in [0.1, 0.15) is 10.4 Å². The summed E-state index contributed by atoms with van der Waals surface area (Å²) in [6, 6.07) is 23.3. The highest BCUT2D eigenvalue weighted by Crippen LogP contribution is 2.23. The number of rotatable bonds is 7. The lowest BCUT2D eigenvalue weighted by Gasteiger charge is -2.12. The van der Waals surface area contributed by atoms with E-state index in [1.54, 1.807) is 62.6 Å². The molecule has 3 aromatic rings. The van der Waals surface area contributed by atoms with E-state index in [4.69, 9.17) is 9.47 Å². The molecule has 0 heterocycles. The molecule has 29 heavy (non-hydrogen) atoms. The molecule has 0 aliphatic heterocycles. The van der Waals surface area contributed by atoms with Gasteiger partial charge in [0.05, 0.1) is 0 Å². The first-order chi connectivity index (χ1) is 14.0. The zero-order valence-corrected chi connectivity index (χ0v) is 16.3. The number of para-hydroxylation sites is 1. The third-order valence-electron chi connectivity index (χ3n) is 3.97. The van der Waals surface area contributed by atoms with Crippen molar-refractivity contribution in [2.24, 2.45) is 0 Å². The van der Waals surface area contributed by atoms with Gasteiger partial charge in [-0.2, -0.15) is 0 Å². The van der Waals surface area contributed by atoms with Crippen LogP contribution in [0.25, 0.3) is 0 Å². The Bertz CT molecular complexity index is 970. The lowest BCUT2D eigenvalue weighted by molar-refractivity contribution is -0.118. The van der Waals surface area contributed by atoms with Crippen LogP contribution in [0.15, 0.2) is 78.9 Å². The number of benzene rings is 3. The van der Waals surface area contributed by atoms with Gasteiger partial charge in [-0.25, -0.2) is 0 Å². The Hall–Kier alpha value is -3.80. The molecule has 0 aromatic heterocycles. The average molecular weight is 390 g/mol. The summed E-state index contributed by atoms with van der Waals surface area (Å²) in [6.45, 7) is -0.148. The van der Waals surface area contributed by atoms with E-state index in [1.165, 1.54) is 4.90 Å². The molecule has 0 saturated carbocycles. The number of nitrogens with one attached hydrogen (secondary N) is 1. The fraction of sp³-hybridized carbons (Fsp3) is 0.130.